The molecule has 0 saturated carbocycles. The van der Waals surface area contributed by atoms with Gasteiger partial charge in [0, 0.05) is 51.5 Å². The lowest BCUT2D eigenvalue weighted by Crippen LogP contribution is -2.56. The Kier molecular flexibility index (Phi) is 10.4. The van der Waals surface area contributed by atoms with Crippen molar-refractivity contribution in [1.29, 1.82) is 0 Å². The second-order valence-electron chi connectivity index (χ2n) is 7.09. The highest BCUT2D eigenvalue weighted by Gasteiger charge is 2.34. The topological polar surface area (TPSA) is 73.8 Å². The number of nitrogens with zero attached hydrogens (tertiary/aromatic N) is 3. The van der Waals surface area contributed by atoms with Crippen molar-refractivity contribution < 1.29 is 17.9 Å². The molecular weight excluding hydrogens is 500 g/mol. The van der Waals surface area contributed by atoms with E-state index >= 15 is 0 Å². The predicted molar refractivity (Wildman–Crippen MR) is 119 cm³/mol. The number of halogens is 4. The summed E-state index contributed by atoms with van der Waals surface area (Å²) in [5.74, 6) is 0.424. The van der Waals surface area contributed by atoms with Gasteiger partial charge in [-0.25, -0.2) is 4.98 Å². The van der Waals surface area contributed by atoms with E-state index in [-0.39, 0.29) is 41.9 Å². The monoisotopic (exact) mass is 530 g/mol. The van der Waals surface area contributed by atoms with Crippen molar-refractivity contribution in [3.8, 4) is 0 Å². The van der Waals surface area contributed by atoms with Crippen molar-refractivity contribution in [1.82, 2.24) is 20.5 Å². The molecule has 3 N–H and O–H groups in total. The minimum Gasteiger partial charge on any atom is -0.379 e. The third kappa shape index (κ3) is 8.13. The Morgan fingerprint density at radius 3 is 2.52 bits per heavy atom. The smallest absolute Gasteiger partial charge is 0.379 e. The van der Waals surface area contributed by atoms with Crippen LogP contribution in [0.5, 0.6) is 0 Å². The number of pyridine rings is 1. The molecule has 2 heterocycles. The molecule has 11 heteroatoms. The molecule has 0 bridgehead atoms. The Morgan fingerprint density at radius 1 is 1.21 bits per heavy atom. The van der Waals surface area contributed by atoms with Crippen molar-refractivity contribution in [3.05, 3.63) is 23.9 Å². The molecule has 7 nitrogen and oxygen atoms in total. The van der Waals surface area contributed by atoms with Crippen molar-refractivity contribution >= 4 is 35.8 Å². The summed E-state index contributed by atoms with van der Waals surface area (Å²) >= 11 is 0. The van der Waals surface area contributed by atoms with E-state index < -0.39 is 11.7 Å². The average Bonchev–Trinajstić information content (AvgIpc) is 2.67. The summed E-state index contributed by atoms with van der Waals surface area (Å²) in [5, 5.41) is 9.10. The lowest BCUT2D eigenvalue weighted by atomic mass is 10.0. The minimum absolute atomic E-state index is 0. The number of aromatic nitrogens is 1. The number of anilines is 1. The first kappa shape index (κ1) is 25.7. The second kappa shape index (κ2) is 11.7. The molecule has 0 unspecified atom stereocenters. The van der Waals surface area contributed by atoms with E-state index in [0.717, 1.165) is 32.4 Å². The number of hydrogen-bond acceptors (Lipinski definition) is 5. The highest BCUT2D eigenvalue weighted by Crippen LogP contribution is 2.33. The summed E-state index contributed by atoms with van der Waals surface area (Å²) in [6.07, 6.45) is -3.11. The number of nitrogens with one attached hydrogen (secondary N) is 3. The van der Waals surface area contributed by atoms with E-state index in [2.05, 4.69) is 44.7 Å². The molecule has 1 saturated heterocycles. The molecule has 1 aliphatic heterocycles. The van der Waals surface area contributed by atoms with Gasteiger partial charge in [0.05, 0.1) is 18.8 Å². The molecule has 0 aliphatic carbocycles. The number of morpholine rings is 1. The molecule has 29 heavy (non-hydrogen) atoms. The van der Waals surface area contributed by atoms with Crippen molar-refractivity contribution in [3.63, 3.8) is 0 Å². The number of guanidine groups is 1. The standard InChI is InChI=1S/C18H29F3N6O.HI/c1-17(2,27-9-11-28-12-10-27)13-26-16(22-3)25-8-7-24-15-14(18(19,20)21)5-4-6-23-15;/h4-6H,7-13H2,1-3H3,(H,23,24)(H2,22,25,26);1H. The van der Waals surface area contributed by atoms with E-state index in [1.54, 1.807) is 7.05 Å². The van der Waals surface area contributed by atoms with Crippen LogP contribution in [0.1, 0.15) is 19.4 Å². The van der Waals surface area contributed by atoms with Gasteiger partial charge in [0.1, 0.15) is 5.82 Å². The first-order valence-electron chi connectivity index (χ1n) is 9.27. The molecule has 0 spiro atoms. The van der Waals surface area contributed by atoms with Crippen LogP contribution in [0.4, 0.5) is 19.0 Å². The Morgan fingerprint density at radius 2 is 1.90 bits per heavy atom. The zero-order valence-corrected chi connectivity index (χ0v) is 19.3. The highest BCUT2D eigenvalue weighted by molar-refractivity contribution is 14.0. The molecule has 0 atom stereocenters. The van der Waals surface area contributed by atoms with Gasteiger partial charge in [0.25, 0.3) is 0 Å². The van der Waals surface area contributed by atoms with Gasteiger partial charge in [-0.1, -0.05) is 0 Å². The first-order valence-corrected chi connectivity index (χ1v) is 9.27. The van der Waals surface area contributed by atoms with Gasteiger partial charge in [0.15, 0.2) is 5.96 Å². The van der Waals surface area contributed by atoms with Crippen molar-refractivity contribution in [2.45, 2.75) is 25.6 Å². The van der Waals surface area contributed by atoms with Crippen LogP contribution in [0, 0.1) is 0 Å². The summed E-state index contributed by atoms with van der Waals surface area (Å²) in [7, 11) is 1.66. The molecule has 0 aromatic carbocycles. The Hall–Kier alpha value is -1.34. The average molecular weight is 530 g/mol. The Labute approximate surface area is 186 Å². The molecular formula is C18H30F3IN6O. The Balaban J connectivity index is 0.00000420. The number of aliphatic imine (C=N–C) groups is 1. The summed E-state index contributed by atoms with van der Waals surface area (Å²) < 4.78 is 44.3. The number of rotatable bonds is 7. The van der Waals surface area contributed by atoms with E-state index in [1.807, 2.05) is 0 Å². The quantitative estimate of drug-likeness (QED) is 0.218. The van der Waals surface area contributed by atoms with Crippen LogP contribution in [0.25, 0.3) is 0 Å². The molecule has 166 valence electrons. The van der Waals surface area contributed by atoms with E-state index in [1.165, 1.54) is 12.3 Å². The summed E-state index contributed by atoms with van der Waals surface area (Å²) in [4.78, 5) is 10.3. The third-order valence-corrected chi connectivity index (χ3v) is 4.60. The minimum atomic E-state index is -4.44. The van der Waals surface area contributed by atoms with Gasteiger partial charge in [-0.05, 0) is 26.0 Å². The largest absolute Gasteiger partial charge is 0.419 e. The van der Waals surface area contributed by atoms with Crippen LogP contribution in [-0.4, -0.2) is 74.4 Å². The molecule has 0 radical (unpaired) electrons. The van der Waals surface area contributed by atoms with Crippen LogP contribution >= 0.6 is 24.0 Å². The second-order valence-corrected chi connectivity index (χ2v) is 7.09. The molecule has 1 aliphatic rings. The first-order chi connectivity index (χ1) is 13.2. The van der Waals surface area contributed by atoms with Crippen LogP contribution in [0.3, 0.4) is 0 Å². The normalized spacial score (nSPS) is 16.1. The lowest BCUT2D eigenvalue weighted by Gasteiger charge is -2.41. The number of alkyl halides is 3. The van der Waals surface area contributed by atoms with E-state index in [0.29, 0.717) is 19.0 Å². The summed E-state index contributed by atoms with van der Waals surface area (Å²) in [5.41, 5.74) is -0.848. The fourth-order valence-corrected chi connectivity index (χ4v) is 2.94. The Bertz CT molecular complexity index is 651. The fourth-order valence-electron chi connectivity index (χ4n) is 2.94. The van der Waals surface area contributed by atoms with Crippen LogP contribution in [0.15, 0.2) is 23.3 Å². The summed E-state index contributed by atoms with van der Waals surface area (Å²) in [6.45, 7) is 8.88. The van der Waals surface area contributed by atoms with Crippen LogP contribution in [0.2, 0.25) is 0 Å². The molecule has 0 amide bonds. The molecule has 1 aromatic heterocycles. The van der Waals surface area contributed by atoms with Crippen molar-refractivity contribution in [2.75, 3.05) is 58.3 Å². The van der Waals surface area contributed by atoms with Gasteiger partial charge in [0.2, 0.25) is 0 Å². The maximum Gasteiger partial charge on any atom is 0.419 e. The summed E-state index contributed by atoms with van der Waals surface area (Å²) in [6, 6.07) is 2.28. The van der Waals surface area contributed by atoms with Crippen molar-refractivity contribution in [2.24, 2.45) is 4.99 Å². The van der Waals surface area contributed by atoms with E-state index in [4.69, 9.17) is 4.74 Å². The van der Waals surface area contributed by atoms with Gasteiger partial charge >= 0.3 is 6.18 Å². The van der Waals surface area contributed by atoms with Crippen LogP contribution in [-0.2, 0) is 10.9 Å². The van der Waals surface area contributed by atoms with Crippen LogP contribution < -0.4 is 16.0 Å². The van der Waals surface area contributed by atoms with Gasteiger partial charge < -0.3 is 20.7 Å². The van der Waals surface area contributed by atoms with E-state index in [9.17, 15) is 13.2 Å². The fraction of sp³-hybridized carbons (Fsp3) is 0.667. The highest BCUT2D eigenvalue weighted by atomic mass is 127. The van der Waals surface area contributed by atoms with Gasteiger partial charge in [-0.3, -0.25) is 9.89 Å². The SMILES string of the molecule is CN=C(NCCNc1ncccc1C(F)(F)F)NCC(C)(C)N1CCOCC1.I. The maximum absolute atomic E-state index is 13.0. The van der Waals surface area contributed by atoms with Gasteiger partial charge in [-0.15, -0.1) is 24.0 Å². The zero-order chi connectivity index (χ0) is 20.6. The third-order valence-electron chi connectivity index (χ3n) is 4.60. The number of hydrogen-bond donors (Lipinski definition) is 3. The molecule has 1 fully saturated rings. The van der Waals surface area contributed by atoms with Gasteiger partial charge in [-0.2, -0.15) is 13.2 Å². The maximum atomic E-state index is 13.0. The predicted octanol–water partition coefficient (Wildman–Crippen LogP) is 2.41. The lowest BCUT2D eigenvalue weighted by molar-refractivity contribution is -0.137. The number of ether oxygens (including phenoxy) is 1. The molecule has 2 rings (SSSR count). The molecule has 1 aromatic rings. The zero-order valence-electron chi connectivity index (χ0n) is 17.0.